The van der Waals surface area contributed by atoms with Gasteiger partial charge in [-0.15, -0.1) is 0 Å². The molecule has 2 aromatic rings. The van der Waals surface area contributed by atoms with E-state index in [0.717, 1.165) is 11.3 Å². The number of hydrogen-bond donors (Lipinski definition) is 2. The van der Waals surface area contributed by atoms with Crippen LogP contribution in [-0.4, -0.2) is 23.0 Å². The maximum atomic E-state index is 12.5. The van der Waals surface area contributed by atoms with Gasteiger partial charge in [0.1, 0.15) is 5.76 Å². The molecule has 0 fully saturated rings. The molecule has 5 heteroatoms. The summed E-state index contributed by atoms with van der Waals surface area (Å²) in [6, 6.07) is 14.4. The summed E-state index contributed by atoms with van der Waals surface area (Å²) in [6.45, 7) is 5.86. The molecule has 0 saturated carbocycles. The van der Waals surface area contributed by atoms with E-state index in [-0.39, 0.29) is 28.4 Å². The zero-order valence-electron chi connectivity index (χ0n) is 16.3. The van der Waals surface area contributed by atoms with Crippen molar-refractivity contribution in [1.82, 2.24) is 0 Å². The number of allylic oxidation sites excluding steroid dienone is 2. The Bertz CT molecular complexity index is 987. The van der Waals surface area contributed by atoms with Crippen LogP contribution in [0.2, 0.25) is 0 Å². The minimum atomic E-state index is -0.244. The Labute approximate surface area is 164 Å². The van der Waals surface area contributed by atoms with Gasteiger partial charge >= 0.3 is 0 Å². The molecule has 0 radical (unpaired) electrons. The van der Waals surface area contributed by atoms with Crippen molar-refractivity contribution in [2.45, 2.75) is 33.6 Å². The molecule has 0 atom stereocenters. The van der Waals surface area contributed by atoms with Crippen molar-refractivity contribution in [2.75, 3.05) is 5.32 Å². The monoisotopic (exact) mass is 376 g/mol. The lowest BCUT2D eigenvalue weighted by Crippen LogP contribution is -2.26. The Morgan fingerprint density at radius 3 is 2.61 bits per heavy atom. The normalized spacial score (nSPS) is 16.5. The van der Waals surface area contributed by atoms with Gasteiger partial charge in [0.05, 0.1) is 11.3 Å². The van der Waals surface area contributed by atoms with E-state index in [1.54, 1.807) is 24.3 Å². The van der Waals surface area contributed by atoms with E-state index in [1.165, 1.54) is 6.21 Å². The van der Waals surface area contributed by atoms with Crippen molar-refractivity contribution in [3.63, 3.8) is 0 Å². The van der Waals surface area contributed by atoms with Gasteiger partial charge in [-0.05, 0) is 48.2 Å². The van der Waals surface area contributed by atoms with Gasteiger partial charge in [0.25, 0.3) is 5.91 Å². The molecule has 0 heterocycles. The summed E-state index contributed by atoms with van der Waals surface area (Å²) in [6.07, 6.45) is 2.21. The summed E-state index contributed by atoms with van der Waals surface area (Å²) in [7, 11) is 0. The third kappa shape index (κ3) is 4.74. The van der Waals surface area contributed by atoms with Crippen LogP contribution in [0.3, 0.4) is 0 Å². The Kier molecular flexibility index (Phi) is 5.45. The average molecular weight is 376 g/mol. The number of benzene rings is 2. The number of ketones is 1. The first kappa shape index (κ1) is 19.5. The van der Waals surface area contributed by atoms with Crippen LogP contribution in [0.15, 0.2) is 64.9 Å². The summed E-state index contributed by atoms with van der Waals surface area (Å²) >= 11 is 0. The maximum Gasteiger partial charge on any atom is 0.255 e. The van der Waals surface area contributed by atoms with Crippen LogP contribution < -0.4 is 5.32 Å². The van der Waals surface area contributed by atoms with Crippen LogP contribution in [0.4, 0.5) is 11.4 Å². The SMILES string of the molecule is Cc1cccc(NC(=O)c2cccc(N=CC3=C(O)CC(C)(C)CC3=O)c2)c1. The first-order valence-corrected chi connectivity index (χ1v) is 9.21. The highest BCUT2D eigenvalue weighted by atomic mass is 16.3. The molecule has 3 rings (SSSR count). The highest BCUT2D eigenvalue weighted by Gasteiger charge is 2.32. The Hall–Kier alpha value is -3.21. The third-order valence-electron chi connectivity index (χ3n) is 4.62. The number of aliphatic imine (C=N–C) groups is 1. The van der Waals surface area contributed by atoms with E-state index in [4.69, 9.17) is 0 Å². The number of amides is 1. The second-order valence-corrected chi connectivity index (χ2v) is 7.93. The molecule has 0 saturated heterocycles. The molecule has 0 aromatic heterocycles. The number of aryl methyl sites for hydroxylation is 1. The molecule has 0 unspecified atom stereocenters. The fraction of sp³-hybridized carbons (Fsp3) is 0.261. The zero-order valence-corrected chi connectivity index (χ0v) is 16.3. The number of rotatable bonds is 4. The molecular weight excluding hydrogens is 352 g/mol. The minimum Gasteiger partial charge on any atom is -0.511 e. The highest BCUT2D eigenvalue weighted by Crippen LogP contribution is 2.35. The summed E-state index contributed by atoms with van der Waals surface area (Å²) in [5, 5.41) is 13.0. The Balaban J connectivity index is 1.77. The lowest BCUT2D eigenvalue weighted by molar-refractivity contribution is -0.117. The first-order chi connectivity index (χ1) is 13.2. The first-order valence-electron chi connectivity index (χ1n) is 9.21. The van der Waals surface area contributed by atoms with E-state index >= 15 is 0 Å². The van der Waals surface area contributed by atoms with Gasteiger partial charge in [0.2, 0.25) is 0 Å². The topological polar surface area (TPSA) is 78.8 Å². The standard InChI is InChI=1S/C23H24N2O3/c1-15-6-4-9-18(10-15)25-22(28)16-7-5-8-17(11-16)24-14-19-20(26)12-23(2,3)13-21(19)27/h4-11,14,26H,12-13H2,1-3H3,(H,25,28). The van der Waals surface area contributed by atoms with Crippen LogP contribution in [0, 0.1) is 12.3 Å². The molecule has 1 aliphatic carbocycles. The van der Waals surface area contributed by atoms with Crippen LogP contribution in [0.5, 0.6) is 0 Å². The van der Waals surface area contributed by atoms with Gasteiger partial charge in [-0.1, -0.05) is 32.0 Å². The van der Waals surface area contributed by atoms with Crippen molar-refractivity contribution < 1.29 is 14.7 Å². The summed E-state index contributed by atoms with van der Waals surface area (Å²) < 4.78 is 0. The molecule has 28 heavy (non-hydrogen) atoms. The number of carbonyl (C=O) groups excluding carboxylic acids is 2. The number of anilines is 1. The quantitative estimate of drug-likeness (QED) is 0.724. The minimum absolute atomic E-state index is 0.0679. The van der Waals surface area contributed by atoms with Gasteiger partial charge in [-0.3, -0.25) is 14.6 Å². The maximum absolute atomic E-state index is 12.5. The van der Waals surface area contributed by atoms with Crippen molar-refractivity contribution in [1.29, 1.82) is 0 Å². The number of nitrogens with one attached hydrogen (secondary N) is 1. The van der Waals surface area contributed by atoms with Gasteiger partial charge in [-0.25, -0.2) is 0 Å². The number of carbonyl (C=O) groups is 2. The number of aliphatic hydroxyl groups is 1. The lowest BCUT2D eigenvalue weighted by Gasteiger charge is -2.28. The van der Waals surface area contributed by atoms with Gasteiger partial charge < -0.3 is 10.4 Å². The van der Waals surface area contributed by atoms with E-state index < -0.39 is 0 Å². The predicted octanol–water partition coefficient (Wildman–Crippen LogP) is 5.15. The van der Waals surface area contributed by atoms with E-state index in [9.17, 15) is 14.7 Å². The largest absolute Gasteiger partial charge is 0.511 e. The van der Waals surface area contributed by atoms with Crippen LogP contribution in [-0.2, 0) is 4.79 Å². The van der Waals surface area contributed by atoms with Gasteiger partial charge in [0.15, 0.2) is 5.78 Å². The average Bonchev–Trinajstić information content (AvgIpc) is 2.60. The second-order valence-electron chi connectivity index (χ2n) is 7.93. The molecule has 2 N–H and O–H groups in total. The summed E-state index contributed by atoms with van der Waals surface area (Å²) in [4.78, 5) is 29.1. The zero-order chi connectivity index (χ0) is 20.3. The molecule has 1 aliphatic rings. The van der Waals surface area contributed by atoms with Crippen molar-refractivity contribution in [3.8, 4) is 0 Å². The van der Waals surface area contributed by atoms with E-state index in [1.807, 2.05) is 45.0 Å². The molecule has 5 nitrogen and oxygen atoms in total. The number of hydrogen-bond acceptors (Lipinski definition) is 4. The molecule has 1 amide bonds. The van der Waals surface area contributed by atoms with E-state index in [0.29, 0.717) is 24.1 Å². The number of aliphatic hydroxyl groups excluding tert-OH is 1. The lowest BCUT2D eigenvalue weighted by atomic mass is 9.77. The summed E-state index contributed by atoms with van der Waals surface area (Å²) in [5.41, 5.74) is 2.79. The van der Waals surface area contributed by atoms with Crippen molar-refractivity contribution in [3.05, 3.63) is 71.0 Å². The second kappa shape index (κ2) is 7.80. The Morgan fingerprint density at radius 2 is 1.89 bits per heavy atom. The molecule has 2 aromatic carbocycles. The predicted molar refractivity (Wildman–Crippen MR) is 111 cm³/mol. The van der Waals surface area contributed by atoms with E-state index in [2.05, 4.69) is 10.3 Å². The number of nitrogens with zero attached hydrogens (tertiary/aromatic N) is 1. The van der Waals surface area contributed by atoms with Crippen molar-refractivity contribution >= 4 is 29.3 Å². The van der Waals surface area contributed by atoms with Crippen LogP contribution in [0.25, 0.3) is 0 Å². The molecule has 144 valence electrons. The molecule has 0 bridgehead atoms. The van der Waals surface area contributed by atoms with Gasteiger partial charge in [0, 0.05) is 30.3 Å². The van der Waals surface area contributed by atoms with Crippen molar-refractivity contribution in [2.24, 2.45) is 10.4 Å². The smallest absolute Gasteiger partial charge is 0.255 e. The van der Waals surface area contributed by atoms with Gasteiger partial charge in [-0.2, -0.15) is 0 Å². The van der Waals surface area contributed by atoms with Crippen LogP contribution >= 0.6 is 0 Å². The number of Topliss-reactive ketones (excluding diaryl/α,β-unsaturated/α-hetero) is 1. The molecular formula is C23H24N2O3. The molecule has 0 aliphatic heterocycles. The fourth-order valence-corrected chi connectivity index (χ4v) is 3.24. The molecule has 0 spiro atoms. The fourth-order valence-electron chi connectivity index (χ4n) is 3.24. The third-order valence-corrected chi connectivity index (χ3v) is 4.62. The van der Waals surface area contributed by atoms with Crippen LogP contribution in [0.1, 0.15) is 42.6 Å². The highest BCUT2D eigenvalue weighted by molar-refractivity contribution is 6.15. The Morgan fingerprint density at radius 1 is 1.14 bits per heavy atom. The summed E-state index contributed by atoms with van der Waals surface area (Å²) in [5.74, 6) is -0.288.